The van der Waals surface area contributed by atoms with Crippen LogP contribution in [0.2, 0.25) is 0 Å². The van der Waals surface area contributed by atoms with Gasteiger partial charge in [0.1, 0.15) is 11.9 Å². The Bertz CT molecular complexity index is 607. The Kier molecular flexibility index (Phi) is 3.81. The Hall–Kier alpha value is -1.32. The lowest BCUT2D eigenvalue weighted by Crippen LogP contribution is -2.19. The minimum atomic E-state index is -0.470. The maximum absolute atomic E-state index is 10.3. The average molecular weight is 333 g/mol. The summed E-state index contributed by atoms with van der Waals surface area (Å²) in [7, 11) is 0. The van der Waals surface area contributed by atoms with E-state index in [1.165, 1.54) is 5.56 Å². The molecule has 1 unspecified atom stereocenters. The number of hydrogen-bond donors (Lipinski definition) is 1. The lowest BCUT2D eigenvalue weighted by molar-refractivity contribution is 0.0657. The highest BCUT2D eigenvalue weighted by atomic mass is 79.9. The van der Waals surface area contributed by atoms with Gasteiger partial charge < -0.3 is 9.84 Å². The zero-order chi connectivity index (χ0) is 14.1. The van der Waals surface area contributed by atoms with E-state index < -0.39 is 6.10 Å². The molecular weight excluding hydrogens is 316 g/mol. The van der Waals surface area contributed by atoms with Gasteiger partial charge in [0.25, 0.3) is 0 Å². The fraction of sp³-hybridized carbons (Fsp3) is 0.294. The number of aliphatic hydroxyl groups excluding tert-OH is 1. The van der Waals surface area contributed by atoms with E-state index in [2.05, 4.69) is 47.1 Å². The minimum Gasteiger partial charge on any atom is -0.485 e. The molecule has 2 nitrogen and oxygen atoms in total. The van der Waals surface area contributed by atoms with Crippen LogP contribution in [-0.4, -0.2) is 5.11 Å². The van der Waals surface area contributed by atoms with E-state index in [0.29, 0.717) is 6.42 Å². The minimum absolute atomic E-state index is 0.0855. The number of fused-ring (bicyclic) bond motifs is 1. The molecule has 3 rings (SSSR count). The molecule has 0 amide bonds. The van der Waals surface area contributed by atoms with E-state index >= 15 is 0 Å². The van der Waals surface area contributed by atoms with E-state index in [-0.39, 0.29) is 6.10 Å². The molecule has 2 aromatic carbocycles. The van der Waals surface area contributed by atoms with Crippen LogP contribution in [0.15, 0.2) is 46.9 Å². The second kappa shape index (κ2) is 5.58. The summed E-state index contributed by atoms with van der Waals surface area (Å²) < 4.78 is 7.02. The fourth-order valence-corrected chi connectivity index (χ4v) is 2.93. The van der Waals surface area contributed by atoms with Gasteiger partial charge in [0.05, 0.1) is 6.10 Å². The second-order valence-corrected chi connectivity index (χ2v) is 6.05. The number of benzene rings is 2. The molecule has 0 saturated carbocycles. The molecule has 104 valence electrons. The lowest BCUT2D eigenvalue weighted by atomic mass is 9.94. The molecule has 20 heavy (non-hydrogen) atoms. The highest BCUT2D eigenvalue weighted by Crippen LogP contribution is 2.41. The van der Waals surface area contributed by atoms with Crippen molar-refractivity contribution in [2.75, 3.05) is 0 Å². The predicted octanol–water partition coefficient (Wildman–Crippen LogP) is 4.57. The van der Waals surface area contributed by atoms with Crippen molar-refractivity contribution in [3.63, 3.8) is 0 Å². The zero-order valence-corrected chi connectivity index (χ0v) is 12.9. The van der Waals surface area contributed by atoms with Crippen LogP contribution in [0.25, 0.3) is 0 Å². The number of rotatable bonds is 2. The Balaban J connectivity index is 1.89. The molecule has 0 aromatic heterocycles. The molecule has 2 aromatic rings. The molecule has 0 spiro atoms. The second-order valence-electron chi connectivity index (χ2n) is 5.14. The van der Waals surface area contributed by atoms with Crippen molar-refractivity contribution in [1.82, 2.24) is 0 Å². The van der Waals surface area contributed by atoms with Crippen molar-refractivity contribution in [2.45, 2.75) is 32.0 Å². The van der Waals surface area contributed by atoms with Crippen molar-refractivity contribution in [3.8, 4) is 5.75 Å². The smallest absolute Gasteiger partial charge is 0.127 e. The predicted molar refractivity (Wildman–Crippen MR) is 82.9 cm³/mol. The number of halogens is 1. The van der Waals surface area contributed by atoms with Crippen LogP contribution in [-0.2, 0) is 6.42 Å². The van der Waals surface area contributed by atoms with E-state index in [0.717, 1.165) is 27.8 Å². The normalized spacial score (nSPS) is 21.1. The molecule has 0 saturated heterocycles. The van der Waals surface area contributed by atoms with Gasteiger partial charge in [-0.25, -0.2) is 0 Å². The topological polar surface area (TPSA) is 29.5 Å². The van der Waals surface area contributed by atoms with Crippen LogP contribution in [0, 0.1) is 0 Å². The maximum Gasteiger partial charge on any atom is 0.127 e. The molecule has 3 heteroatoms. The molecule has 0 bridgehead atoms. The van der Waals surface area contributed by atoms with Gasteiger partial charge in [-0.15, -0.1) is 0 Å². The maximum atomic E-state index is 10.3. The van der Waals surface area contributed by atoms with Gasteiger partial charge in [0.15, 0.2) is 0 Å². The third-order valence-corrected chi connectivity index (χ3v) is 4.29. The van der Waals surface area contributed by atoms with Crippen molar-refractivity contribution in [1.29, 1.82) is 0 Å². The van der Waals surface area contributed by atoms with E-state index in [1.54, 1.807) is 0 Å². The summed E-state index contributed by atoms with van der Waals surface area (Å²) in [4.78, 5) is 0. The molecular formula is C17H17BrO2. The molecule has 1 aliphatic rings. The Labute approximate surface area is 127 Å². The van der Waals surface area contributed by atoms with E-state index in [1.807, 2.05) is 18.2 Å². The van der Waals surface area contributed by atoms with Crippen LogP contribution in [0.3, 0.4) is 0 Å². The molecule has 0 aliphatic carbocycles. The van der Waals surface area contributed by atoms with Gasteiger partial charge in [-0.2, -0.15) is 0 Å². The third kappa shape index (κ3) is 2.60. The number of aryl methyl sites for hydroxylation is 1. The molecule has 1 aliphatic heterocycles. The van der Waals surface area contributed by atoms with Crippen LogP contribution < -0.4 is 4.74 Å². The highest BCUT2D eigenvalue weighted by Gasteiger charge is 2.28. The van der Waals surface area contributed by atoms with Gasteiger partial charge in [0.2, 0.25) is 0 Å². The number of aliphatic hydroxyl groups is 1. The lowest BCUT2D eigenvalue weighted by Gasteiger charge is -2.30. The summed E-state index contributed by atoms with van der Waals surface area (Å²) in [6.07, 6.45) is 1.07. The Morgan fingerprint density at radius 2 is 1.95 bits per heavy atom. The van der Waals surface area contributed by atoms with Crippen molar-refractivity contribution < 1.29 is 9.84 Å². The van der Waals surface area contributed by atoms with Crippen molar-refractivity contribution in [2.24, 2.45) is 0 Å². The fourth-order valence-electron chi connectivity index (χ4n) is 2.59. The Morgan fingerprint density at radius 1 is 1.20 bits per heavy atom. The monoisotopic (exact) mass is 332 g/mol. The highest BCUT2D eigenvalue weighted by molar-refractivity contribution is 9.10. The van der Waals surface area contributed by atoms with Crippen LogP contribution in [0.4, 0.5) is 0 Å². The largest absolute Gasteiger partial charge is 0.485 e. The zero-order valence-electron chi connectivity index (χ0n) is 11.3. The van der Waals surface area contributed by atoms with Crippen molar-refractivity contribution >= 4 is 15.9 Å². The average Bonchev–Trinajstić information content (AvgIpc) is 2.46. The standard InChI is InChI=1S/C17H17BrO2/c1-2-11-3-5-12(6-4-11)16-10-15(19)14-8-7-13(18)9-17(14)20-16/h3-9,15-16,19H,2,10H2,1H3/t15-,16?/m1/s1. The van der Waals surface area contributed by atoms with E-state index in [9.17, 15) is 5.11 Å². The van der Waals surface area contributed by atoms with Gasteiger partial charge in [-0.05, 0) is 29.7 Å². The first-order valence-corrected chi connectivity index (χ1v) is 7.69. The van der Waals surface area contributed by atoms with Crippen LogP contribution >= 0.6 is 15.9 Å². The first-order chi connectivity index (χ1) is 9.67. The molecule has 0 fully saturated rings. The SMILES string of the molecule is CCc1ccc(C2C[C@@H](O)c3ccc(Br)cc3O2)cc1. The molecule has 0 radical (unpaired) electrons. The summed E-state index contributed by atoms with van der Waals surface area (Å²) in [5.74, 6) is 0.766. The third-order valence-electron chi connectivity index (χ3n) is 3.80. The van der Waals surface area contributed by atoms with Crippen molar-refractivity contribution in [3.05, 3.63) is 63.6 Å². The Morgan fingerprint density at radius 3 is 2.65 bits per heavy atom. The summed E-state index contributed by atoms with van der Waals surface area (Å²) in [5, 5.41) is 10.3. The molecule has 2 atom stereocenters. The number of hydrogen-bond acceptors (Lipinski definition) is 2. The molecule has 1 heterocycles. The van der Waals surface area contributed by atoms with Gasteiger partial charge in [0, 0.05) is 16.5 Å². The first kappa shape index (κ1) is 13.7. The molecule has 1 N–H and O–H groups in total. The summed E-state index contributed by atoms with van der Waals surface area (Å²) in [5.41, 5.74) is 3.30. The van der Waals surface area contributed by atoms with Crippen LogP contribution in [0.1, 0.15) is 42.2 Å². The van der Waals surface area contributed by atoms with Gasteiger partial charge >= 0.3 is 0 Å². The summed E-state index contributed by atoms with van der Waals surface area (Å²) in [6.45, 7) is 2.14. The van der Waals surface area contributed by atoms with E-state index in [4.69, 9.17) is 4.74 Å². The quantitative estimate of drug-likeness (QED) is 0.872. The first-order valence-electron chi connectivity index (χ1n) is 6.90. The number of ether oxygens (including phenoxy) is 1. The van der Waals surface area contributed by atoms with Gasteiger partial charge in [-0.1, -0.05) is 53.2 Å². The summed E-state index contributed by atoms with van der Waals surface area (Å²) in [6, 6.07) is 14.2. The summed E-state index contributed by atoms with van der Waals surface area (Å²) >= 11 is 3.44. The van der Waals surface area contributed by atoms with Gasteiger partial charge in [-0.3, -0.25) is 0 Å². The van der Waals surface area contributed by atoms with Crippen LogP contribution in [0.5, 0.6) is 5.75 Å².